The van der Waals surface area contributed by atoms with E-state index in [9.17, 15) is 43.5 Å². The lowest BCUT2D eigenvalue weighted by molar-refractivity contribution is -0.161. The Morgan fingerprint density at radius 3 is 0.672 bits per heavy atom. The molecule has 0 rings (SSSR count). The highest BCUT2D eigenvalue weighted by Gasteiger charge is 2.30. The normalized spacial score (nSPS) is 14.3. The number of hydrogen-bond donors (Lipinski definition) is 4. The molecule has 16 nitrogen and oxygen atoms in total. The summed E-state index contributed by atoms with van der Waals surface area (Å²) in [5.74, 6) is -1.57. The molecule has 0 saturated carbocycles. The number of phosphoric acid groups is 2. The summed E-state index contributed by atoms with van der Waals surface area (Å²) in [6.45, 7) is 2.58. The lowest BCUT2D eigenvalue weighted by Crippen LogP contribution is -2.30. The third-order valence-corrected chi connectivity index (χ3v) is 23.6. The molecule has 0 aliphatic carbocycles. The van der Waals surface area contributed by atoms with Crippen LogP contribution in [0.3, 0.4) is 0 Å². The first kappa shape index (κ1) is 120. The van der Waals surface area contributed by atoms with Gasteiger partial charge in [-0.2, -0.15) is 0 Å². The molecule has 0 bridgehead atoms. The zero-order valence-corrected chi connectivity index (χ0v) is 81.5. The summed E-state index contributed by atoms with van der Waals surface area (Å²) in [6.07, 6.45) is 127. The highest BCUT2D eigenvalue weighted by molar-refractivity contribution is 7.47. The Morgan fingerprint density at radius 2 is 0.424 bits per heavy atom. The van der Waals surface area contributed by atoms with E-state index in [4.69, 9.17) is 32.3 Å². The summed E-state index contributed by atoms with van der Waals surface area (Å²) in [5, 5.41) is 20.8. The molecule has 125 heavy (non-hydrogen) atoms. The van der Waals surface area contributed by atoms with Gasteiger partial charge >= 0.3 is 33.6 Å². The van der Waals surface area contributed by atoms with Gasteiger partial charge < -0.3 is 34.2 Å². The van der Waals surface area contributed by atoms with Gasteiger partial charge in [-0.25, -0.2) is 9.13 Å². The molecule has 0 aromatic heterocycles. The van der Waals surface area contributed by atoms with Crippen molar-refractivity contribution in [1.82, 2.24) is 0 Å². The topological polar surface area (TPSA) is 231 Å². The van der Waals surface area contributed by atoms with E-state index in [-0.39, 0.29) is 19.3 Å². The number of carbonyl (C=O) groups excluding carboxylic acids is 3. The molecule has 0 aromatic rings. The standard InChI is InChI=1S/C107H186O16P2/c1-4-7-10-13-16-19-22-25-28-31-34-37-40-43-45-47-49-50-52-54-55-58-60-63-66-69-72-75-78-81-84-87-90-93-105(110)117-96-102(108)97-119-124(113,114)120-98-103(109)99-121-125(115,116)122-101-104(123-107(112)95-92-89-86-83-80-77-74-71-68-65-62-57-42-39-36-33-30-27-24-21-18-15-12-9-6-3)100-118-106(111)94-91-88-85-82-79-76-73-70-67-64-61-59-56-53-51-48-46-44-41-38-35-32-29-26-23-20-17-14-11-8-5-2/h9,12,16-21,25-30,34-39,43-46,57,62,102-104,108-109H,4-8,10-11,13-15,22-24,31-33,40-42,47-56,58-61,63-101H2,1-3H3,(H,113,114)(H,115,116)/b12-9-,19-16-,20-17-,21-18-,28-25-,29-26-,30-27-,37-34-,38-35-,39-36-,45-43-,46-44-,62-57-. The predicted molar refractivity (Wildman–Crippen MR) is 528 cm³/mol. The molecule has 0 spiro atoms. The number of esters is 3. The van der Waals surface area contributed by atoms with Gasteiger partial charge in [-0.1, -0.05) is 429 Å². The molecule has 0 aliphatic rings. The molecule has 0 saturated heterocycles. The molecule has 0 radical (unpaired) electrons. The fourth-order valence-corrected chi connectivity index (χ4v) is 15.6. The lowest BCUT2D eigenvalue weighted by Gasteiger charge is -2.21. The number of aliphatic hydroxyl groups is 2. The Hall–Kier alpha value is -4.83. The number of carbonyl (C=O) groups is 3. The second-order valence-electron chi connectivity index (χ2n) is 33.9. The summed E-state index contributed by atoms with van der Waals surface area (Å²) in [4.78, 5) is 59.2. The zero-order chi connectivity index (χ0) is 90.7. The van der Waals surface area contributed by atoms with Crippen LogP contribution in [0.15, 0.2) is 158 Å². The van der Waals surface area contributed by atoms with Crippen LogP contribution in [0.4, 0.5) is 0 Å². The Balaban J connectivity index is 4.59. The summed E-state index contributed by atoms with van der Waals surface area (Å²) < 4.78 is 61.7. The van der Waals surface area contributed by atoms with E-state index < -0.39 is 91.5 Å². The maximum Gasteiger partial charge on any atom is 0.472 e. The molecule has 0 aromatic carbocycles. The monoisotopic (exact) mass is 1790 g/mol. The van der Waals surface area contributed by atoms with Crippen molar-refractivity contribution in [1.29, 1.82) is 0 Å². The average molecular weight is 1790 g/mol. The van der Waals surface area contributed by atoms with Crippen LogP contribution in [0.2, 0.25) is 0 Å². The molecular formula is C107H186O16P2. The van der Waals surface area contributed by atoms with Gasteiger partial charge in [0.1, 0.15) is 25.4 Å². The van der Waals surface area contributed by atoms with Gasteiger partial charge in [-0.05, 0) is 154 Å². The fourth-order valence-electron chi connectivity index (χ4n) is 14.0. The highest BCUT2D eigenvalue weighted by atomic mass is 31.2. The smallest absolute Gasteiger partial charge is 0.463 e. The maximum atomic E-state index is 13.1. The van der Waals surface area contributed by atoms with Crippen LogP contribution in [0.5, 0.6) is 0 Å². The van der Waals surface area contributed by atoms with Crippen molar-refractivity contribution in [2.24, 2.45) is 0 Å². The van der Waals surface area contributed by atoms with Crippen molar-refractivity contribution in [3.8, 4) is 0 Å². The third-order valence-electron chi connectivity index (χ3n) is 21.7. The second kappa shape index (κ2) is 98.2. The van der Waals surface area contributed by atoms with E-state index in [1.807, 2.05) is 0 Å². The SMILES string of the molecule is CC/C=C\C/C=C\C/C=C\C/C=C\C/C=C\CCCCCCCCCCCC(=O)OC(COC(=O)CCCCCCCCCCCCCCCCC/C=C\C/C=C\C/C=C\C/C=C\CCCCC)COP(=O)(O)OCC(O)COP(=O)(O)OCC(O)COC(=O)CCCCCCCCCCCCCCCCCCC/C=C\C/C=C\C/C=C\C/C=C\CCCCC. The summed E-state index contributed by atoms with van der Waals surface area (Å²) in [6, 6.07) is 0. The van der Waals surface area contributed by atoms with Crippen molar-refractivity contribution in [3.63, 3.8) is 0 Å². The summed E-state index contributed by atoms with van der Waals surface area (Å²) in [5.41, 5.74) is 0. The van der Waals surface area contributed by atoms with Gasteiger partial charge in [0.05, 0.1) is 26.4 Å². The van der Waals surface area contributed by atoms with Crippen LogP contribution in [0.1, 0.15) is 445 Å². The average Bonchev–Trinajstić information content (AvgIpc) is 0.900. The molecule has 0 aliphatic heterocycles. The first-order valence-corrected chi connectivity index (χ1v) is 53.8. The number of aliphatic hydroxyl groups excluding tert-OH is 2. The van der Waals surface area contributed by atoms with E-state index in [0.717, 1.165) is 141 Å². The lowest BCUT2D eigenvalue weighted by atomic mass is 10.0. The van der Waals surface area contributed by atoms with Crippen LogP contribution in [0.25, 0.3) is 0 Å². The first-order chi connectivity index (χ1) is 61.2. The molecule has 0 heterocycles. The molecule has 5 unspecified atom stereocenters. The molecular weight excluding hydrogens is 1600 g/mol. The Kier molecular flexibility index (Phi) is 94.4. The number of allylic oxidation sites excluding steroid dienone is 26. The van der Waals surface area contributed by atoms with Gasteiger partial charge in [0.15, 0.2) is 6.10 Å². The largest absolute Gasteiger partial charge is 0.472 e. The third kappa shape index (κ3) is 99.6. The van der Waals surface area contributed by atoms with Crippen LogP contribution in [-0.4, -0.2) is 95.9 Å². The molecule has 4 N–H and O–H groups in total. The van der Waals surface area contributed by atoms with E-state index in [1.165, 1.54) is 244 Å². The number of rotatable bonds is 96. The summed E-state index contributed by atoms with van der Waals surface area (Å²) >= 11 is 0. The van der Waals surface area contributed by atoms with Gasteiger partial charge in [-0.15, -0.1) is 0 Å². The molecule has 0 fully saturated rings. The Labute approximate surface area is 765 Å². The van der Waals surface area contributed by atoms with Crippen LogP contribution < -0.4 is 0 Å². The molecule has 0 amide bonds. The second-order valence-corrected chi connectivity index (χ2v) is 36.8. The fraction of sp³-hybridized carbons (Fsp3) is 0.729. The number of unbranched alkanes of at least 4 members (excludes halogenated alkanes) is 47. The van der Waals surface area contributed by atoms with E-state index in [2.05, 4.69) is 179 Å². The minimum absolute atomic E-state index is 0.0945. The Morgan fingerprint density at radius 1 is 0.232 bits per heavy atom. The van der Waals surface area contributed by atoms with Crippen molar-refractivity contribution < 1.29 is 75.8 Å². The molecule has 5 atom stereocenters. The predicted octanol–water partition coefficient (Wildman–Crippen LogP) is 32.0. The molecule has 18 heteroatoms. The van der Waals surface area contributed by atoms with Crippen molar-refractivity contribution >= 4 is 33.6 Å². The van der Waals surface area contributed by atoms with Crippen molar-refractivity contribution in [3.05, 3.63) is 158 Å². The van der Waals surface area contributed by atoms with Crippen molar-refractivity contribution in [2.45, 2.75) is 463 Å². The first-order valence-electron chi connectivity index (χ1n) is 50.8. The number of ether oxygens (including phenoxy) is 3. The van der Waals surface area contributed by atoms with E-state index in [1.54, 1.807) is 0 Å². The molecule has 720 valence electrons. The van der Waals surface area contributed by atoms with Crippen molar-refractivity contribution in [2.75, 3.05) is 39.6 Å². The van der Waals surface area contributed by atoms with Crippen LogP contribution >= 0.6 is 15.6 Å². The minimum atomic E-state index is -4.95. The van der Waals surface area contributed by atoms with E-state index in [0.29, 0.717) is 19.3 Å². The zero-order valence-electron chi connectivity index (χ0n) is 79.7. The van der Waals surface area contributed by atoms with Crippen LogP contribution in [-0.2, 0) is 55.8 Å². The van der Waals surface area contributed by atoms with Gasteiger partial charge in [0.2, 0.25) is 0 Å². The quantitative estimate of drug-likeness (QED) is 0.0146. The van der Waals surface area contributed by atoms with Crippen LogP contribution in [0, 0.1) is 0 Å². The summed E-state index contributed by atoms with van der Waals surface area (Å²) in [7, 11) is -9.82. The maximum absolute atomic E-state index is 13.1. The Bertz CT molecular complexity index is 2900. The minimum Gasteiger partial charge on any atom is -0.463 e. The van der Waals surface area contributed by atoms with E-state index >= 15 is 0 Å². The number of phosphoric ester groups is 2. The van der Waals surface area contributed by atoms with Gasteiger partial charge in [0.25, 0.3) is 0 Å². The highest BCUT2D eigenvalue weighted by Crippen LogP contribution is 2.45. The number of hydrogen-bond acceptors (Lipinski definition) is 14. The van der Waals surface area contributed by atoms with Gasteiger partial charge in [-0.3, -0.25) is 32.5 Å². The van der Waals surface area contributed by atoms with Gasteiger partial charge in [0, 0.05) is 19.3 Å².